The zero-order valence-electron chi connectivity index (χ0n) is 9.32. The van der Waals surface area contributed by atoms with Crippen LogP contribution in [0, 0.1) is 0 Å². The fraction of sp³-hybridized carbons (Fsp3) is 0.214. The molecule has 0 aliphatic rings. The van der Waals surface area contributed by atoms with Gasteiger partial charge in [0.1, 0.15) is 6.61 Å². The highest BCUT2D eigenvalue weighted by molar-refractivity contribution is 5.87. The molecule has 0 unspecified atom stereocenters. The highest BCUT2D eigenvalue weighted by atomic mass is 16.5. The molecule has 0 amide bonds. The molecule has 0 atom stereocenters. The minimum absolute atomic E-state index is 0.298. The van der Waals surface area contributed by atoms with Crippen molar-refractivity contribution < 1.29 is 9.53 Å². The molecule has 0 spiro atoms. The number of carbonyl (C=O) groups is 1. The standard InChI is InChI=1S/C14H16O2/c1-3-4-8-12(2)14(15)16-11-13-9-6-5-7-10-13/h3,5-7,9-10H,1-2,4,8,11H2. The maximum atomic E-state index is 11.5. The van der Waals surface area contributed by atoms with Gasteiger partial charge in [0, 0.05) is 5.57 Å². The lowest BCUT2D eigenvalue weighted by Gasteiger charge is -2.06. The molecule has 0 aromatic heterocycles. The van der Waals surface area contributed by atoms with E-state index in [1.165, 1.54) is 0 Å². The first kappa shape index (κ1) is 12.2. The van der Waals surface area contributed by atoms with Gasteiger partial charge in [-0.2, -0.15) is 0 Å². The number of carbonyl (C=O) groups excluding carboxylic acids is 1. The zero-order chi connectivity index (χ0) is 11.8. The molecule has 0 fully saturated rings. The average Bonchev–Trinajstić information content (AvgIpc) is 2.34. The Morgan fingerprint density at radius 3 is 2.62 bits per heavy atom. The van der Waals surface area contributed by atoms with Crippen molar-refractivity contribution in [2.45, 2.75) is 19.4 Å². The maximum Gasteiger partial charge on any atom is 0.333 e. The zero-order valence-corrected chi connectivity index (χ0v) is 9.32. The Kier molecular flexibility index (Phi) is 5.06. The summed E-state index contributed by atoms with van der Waals surface area (Å²) in [4.78, 5) is 11.5. The molecule has 1 aromatic carbocycles. The molecule has 0 aliphatic heterocycles. The SMILES string of the molecule is C=CCCC(=C)C(=O)OCc1ccccc1. The summed E-state index contributed by atoms with van der Waals surface area (Å²) in [5.41, 5.74) is 1.48. The molecule has 0 bridgehead atoms. The number of esters is 1. The minimum Gasteiger partial charge on any atom is -0.457 e. The molecule has 0 heterocycles. The second-order valence-electron chi connectivity index (χ2n) is 3.49. The fourth-order valence-electron chi connectivity index (χ4n) is 1.20. The summed E-state index contributed by atoms with van der Waals surface area (Å²) in [6.07, 6.45) is 3.12. The number of ether oxygens (including phenoxy) is 1. The molecule has 0 aliphatic carbocycles. The van der Waals surface area contributed by atoms with E-state index in [1.807, 2.05) is 30.3 Å². The van der Waals surface area contributed by atoms with Crippen LogP contribution in [0.4, 0.5) is 0 Å². The van der Waals surface area contributed by atoms with E-state index in [4.69, 9.17) is 4.74 Å². The Morgan fingerprint density at radius 1 is 1.31 bits per heavy atom. The van der Waals surface area contributed by atoms with Gasteiger partial charge in [0.2, 0.25) is 0 Å². The Labute approximate surface area is 96.2 Å². The van der Waals surface area contributed by atoms with Crippen molar-refractivity contribution in [1.29, 1.82) is 0 Å². The van der Waals surface area contributed by atoms with E-state index in [0.717, 1.165) is 12.0 Å². The lowest BCUT2D eigenvalue weighted by atomic mass is 10.1. The number of rotatable bonds is 6. The Hall–Kier alpha value is -1.83. The first-order valence-electron chi connectivity index (χ1n) is 5.23. The predicted octanol–water partition coefficient (Wildman–Crippen LogP) is 3.25. The van der Waals surface area contributed by atoms with Gasteiger partial charge < -0.3 is 4.74 Å². The predicted molar refractivity (Wildman–Crippen MR) is 64.8 cm³/mol. The molecule has 0 radical (unpaired) electrons. The van der Waals surface area contributed by atoms with Gasteiger partial charge in [0.05, 0.1) is 0 Å². The van der Waals surface area contributed by atoms with E-state index >= 15 is 0 Å². The Bertz CT molecular complexity index is 366. The number of hydrogen-bond donors (Lipinski definition) is 0. The van der Waals surface area contributed by atoms with Crippen molar-refractivity contribution in [3.63, 3.8) is 0 Å². The third kappa shape index (κ3) is 4.13. The van der Waals surface area contributed by atoms with Gasteiger partial charge in [-0.3, -0.25) is 0 Å². The summed E-state index contributed by atoms with van der Waals surface area (Å²) in [6.45, 7) is 7.57. The van der Waals surface area contributed by atoms with Crippen molar-refractivity contribution in [2.75, 3.05) is 0 Å². The molecule has 2 heteroatoms. The van der Waals surface area contributed by atoms with Gasteiger partial charge in [-0.05, 0) is 18.4 Å². The molecule has 1 aromatic rings. The lowest BCUT2D eigenvalue weighted by molar-refractivity contribution is -0.140. The van der Waals surface area contributed by atoms with E-state index in [-0.39, 0.29) is 5.97 Å². The monoisotopic (exact) mass is 216 g/mol. The van der Waals surface area contributed by atoms with Gasteiger partial charge >= 0.3 is 5.97 Å². The molecular weight excluding hydrogens is 200 g/mol. The second-order valence-corrected chi connectivity index (χ2v) is 3.49. The van der Waals surface area contributed by atoms with Crippen LogP contribution in [0.5, 0.6) is 0 Å². The summed E-state index contributed by atoms with van der Waals surface area (Å²) < 4.78 is 5.11. The smallest absolute Gasteiger partial charge is 0.333 e. The van der Waals surface area contributed by atoms with Crippen molar-refractivity contribution in [3.8, 4) is 0 Å². The van der Waals surface area contributed by atoms with E-state index in [0.29, 0.717) is 18.6 Å². The van der Waals surface area contributed by atoms with Gasteiger partial charge in [-0.25, -0.2) is 4.79 Å². The lowest BCUT2D eigenvalue weighted by Crippen LogP contribution is -2.06. The van der Waals surface area contributed by atoms with Crippen LogP contribution >= 0.6 is 0 Å². The quantitative estimate of drug-likeness (QED) is 0.414. The Balaban J connectivity index is 2.35. The highest BCUT2D eigenvalue weighted by Crippen LogP contribution is 2.07. The van der Waals surface area contributed by atoms with E-state index in [9.17, 15) is 4.79 Å². The number of benzene rings is 1. The van der Waals surface area contributed by atoms with E-state index < -0.39 is 0 Å². The minimum atomic E-state index is -0.328. The molecular formula is C14H16O2. The van der Waals surface area contributed by atoms with Gasteiger partial charge in [0.15, 0.2) is 0 Å². The van der Waals surface area contributed by atoms with Crippen molar-refractivity contribution in [3.05, 3.63) is 60.7 Å². The summed E-state index contributed by atoms with van der Waals surface area (Å²) in [5.74, 6) is -0.328. The van der Waals surface area contributed by atoms with Crippen molar-refractivity contribution in [1.82, 2.24) is 0 Å². The molecule has 0 N–H and O–H groups in total. The first-order valence-corrected chi connectivity index (χ1v) is 5.23. The summed E-state index contributed by atoms with van der Waals surface area (Å²) >= 11 is 0. The van der Waals surface area contributed by atoms with Gasteiger partial charge in [0.25, 0.3) is 0 Å². The van der Waals surface area contributed by atoms with Crippen molar-refractivity contribution in [2.24, 2.45) is 0 Å². The third-order valence-corrected chi connectivity index (χ3v) is 2.15. The molecule has 1 rings (SSSR count). The van der Waals surface area contributed by atoms with Gasteiger partial charge in [-0.1, -0.05) is 43.0 Å². The summed E-state index contributed by atoms with van der Waals surface area (Å²) in [7, 11) is 0. The molecule has 0 saturated heterocycles. The van der Waals surface area contributed by atoms with E-state index in [1.54, 1.807) is 6.08 Å². The van der Waals surface area contributed by atoms with Crippen LogP contribution < -0.4 is 0 Å². The maximum absolute atomic E-state index is 11.5. The molecule has 84 valence electrons. The fourth-order valence-corrected chi connectivity index (χ4v) is 1.20. The van der Waals surface area contributed by atoms with Gasteiger partial charge in [-0.15, -0.1) is 6.58 Å². The molecule has 2 nitrogen and oxygen atoms in total. The third-order valence-electron chi connectivity index (χ3n) is 2.15. The summed E-state index contributed by atoms with van der Waals surface area (Å²) in [5, 5.41) is 0. The average molecular weight is 216 g/mol. The largest absolute Gasteiger partial charge is 0.457 e. The van der Waals surface area contributed by atoms with Crippen LogP contribution in [0.25, 0.3) is 0 Å². The van der Waals surface area contributed by atoms with Crippen molar-refractivity contribution >= 4 is 5.97 Å². The Morgan fingerprint density at radius 2 is 2.00 bits per heavy atom. The number of allylic oxidation sites excluding steroid dienone is 1. The van der Waals surface area contributed by atoms with Crippen LogP contribution in [0.15, 0.2) is 55.1 Å². The van der Waals surface area contributed by atoms with Crippen LogP contribution in [0.2, 0.25) is 0 Å². The topological polar surface area (TPSA) is 26.3 Å². The van der Waals surface area contributed by atoms with Crippen LogP contribution in [0.3, 0.4) is 0 Å². The molecule has 16 heavy (non-hydrogen) atoms. The van der Waals surface area contributed by atoms with Crippen LogP contribution in [-0.2, 0) is 16.1 Å². The van der Waals surface area contributed by atoms with Crippen LogP contribution in [0.1, 0.15) is 18.4 Å². The normalized spacial score (nSPS) is 9.50. The highest BCUT2D eigenvalue weighted by Gasteiger charge is 2.07. The first-order chi connectivity index (χ1) is 7.74. The van der Waals surface area contributed by atoms with Crippen LogP contribution in [-0.4, -0.2) is 5.97 Å². The van der Waals surface area contributed by atoms with E-state index in [2.05, 4.69) is 13.2 Å². The number of hydrogen-bond acceptors (Lipinski definition) is 2. The second kappa shape index (κ2) is 6.62. The molecule has 0 saturated carbocycles. The summed E-state index contributed by atoms with van der Waals surface area (Å²) in [6, 6.07) is 9.58.